The Balaban J connectivity index is 4.61. The Bertz CT molecular complexity index is 209. The standard InChI is InChI=1S/C11H23NO2S/c1-8(2)12-11(4,10(13)14-5)7-9(3)15-6/h8-9,12H,7H2,1-6H3. The van der Waals surface area contributed by atoms with Crippen LogP contribution in [0.2, 0.25) is 0 Å². The van der Waals surface area contributed by atoms with E-state index in [2.05, 4.69) is 18.5 Å². The summed E-state index contributed by atoms with van der Waals surface area (Å²) in [6.45, 7) is 8.09. The van der Waals surface area contributed by atoms with Gasteiger partial charge in [0, 0.05) is 11.3 Å². The summed E-state index contributed by atoms with van der Waals surface area (Å²) in [6.07, 6.45) is 2.83. The number of nitrogens with one attached hydrogen (secondary N) is 1. The first-order valence-corrected chi connectivity index (χ1v) is 6.53. The zero-order valence-electron chi connectivity index (χ0n) is 10.6. The number of carbonyl (C=O) groups is 1. The Kier molecular flexibility index (Phi) is 6.29. The minimum Gasteiger partial charge on any atom is -0.468 e. The molecule has 0 heterocycles. The van der Waals surface area contributed by atoms with Crippen LogP contribution in [0.5, 0.6) is 0 Å². The number of hydrogen-bond donors (Lipinski definition) is 1. The molecular weight excluding hydrogens is 210 g/mol. The molecule has 2 unspecified atom stereocenters. The second-order valence-corrected chi connectivity index (χ2v) is 5.65. The van der Waals surface area contributed by atoms with Gasteiger partial charge in [0.25, 0.3) is 0 Å². The molecule has 0 fully saturated rings. The molecule has 0 aromatic carbocycles. The number of hydrogen-bond acceptors (Lipinski definition) is 4. The van der Waals surface area contributed by atoms with Crippen LogP contribution >= 0.6 is 11.8 Å². The van der Waals surface area contributed by atoms with Gasteiger partial charge in [-0.05, 0) is 33.4 Å². The number of ether oxygens (including phenoxy) is 1. The van der Waals surface area contributed by atoms with Crippen molar-refractivity contribution in [2.24, 2.45) is 0 Å². The molecule has 3 nitrogen and oxygen atoms in total. The van der Waals surface area contributed by atoms with Gasteiger partial charge in [-0.1, -0.05) is 6.92 Å². The topological polar surface area (TPSA) is 38.3 Å². The molecule has 0 rings (SSSR count). The van der Waals surface area contributed by atoms with Gasteiger partial charge in [0.05, 0.1) is 7.11 Å². The Morgan fingerprint density at radius 2 is 2.00 bits per heavy atom. The predicted molar refractivity (Wildman–Crippen MR) is 66.3 cm³/mol. The number of thioether (sulfide) groups is 1. The molecule has 4 heteroatoms. The highest BCUT2D eigenvalue weighted by atomic mass is 32.2. The van der Waals surface area contributed by atoms with Crippen LogP contribution in [0.3, 0.4) is 0 Å². The molecule has 0 aliphatic heterocycles. The minimum absolute atomic E-state index is 0.183. The van der Waals surface area contributed by atoms with Crippen molar-refractivity contribution in [3.63, 3.8) is 0 Å². The lowest BCUT2D eigenvalue weighted by molar-refractivity contribution is -0.148. The summed E-state index contributed by atoms with van der Waals surface area (Å²) < 4.78 is 4.85. The average Bonchev–Trinajstić information content (AvgIpc) is 2.14. The molecule has 0 saturated heterocycles. The first kappa shape index (κ1) is 14.8. The SMILES string of the molecule is COC(=O)C(C)(CC(C)SC)NC(C)C. The van der Waals surface area contributed by atoms with E-state index in [0.29, 0.717) is 5.25 Å². The van der Waals surface area contributed by atoms with Crippen LogP contribution in [-0.2, 0) is 9.53 Å². The number of esters is 1. The third-order valence-corrected chi connectivity index (χ3v) is 3.31. The van der Waals surface area contributed by atoms with Crippen molar-refractivity contribution >= 4 is 17.7 Å². The molecular formula is C11H23NO2S. The van der Waals surface area contributed by atoms with Crippen molar-refractivity contribution in [1.82, 2.24) is 5.32 Å². The first-order chi connectivity index (χ1) is 6.85. The van der Waals surface area contributed by atoms with Gasteiger partial charge in [-0.25, -0.2) is 0 Å². The third kappa shape index (κ3) is 4.89. The molecule has 0 aromatic rings. The number of methoxy groups -OCH3 is 1. The van der Waals surface area contributed by atoms with Gasteiger partial charge in [0.15, 0.2) is 0 Å². The van der Waals surface area contributed by atoms with Crippen LogP contribution in [-0.4, -0.2) is 36.2 Å². The Morgan fingerprint density at radius 3 is 2.33 bits per heavy atom. The normalized spacial score (nSPS) is 17.3. The highest BCUT2D eigenvalue weighted by Crippen LogP contribution is 2.21. The van der Waals surface area contributed by atoms with Crippen LogP contribution in [0, 0.1) is 0 Å². The molecule has 15 heavy (non-hydrogen) atoms. The average molecular weight is 233 g/mol. The Morgan fingerprint density at radius 1 is 1.47 bits per heavy atom. The molecule has 0 radical (unpaired) electrons. The maximum Gasteiger partial charge on any atom is 0.325 e. The van der Waals surface area contributed by atoms with Crippen LogP contribution in [0.4, 0.5) is 0 Å². The van der Waals surface area contributed by atoms with E-state index in [1.807, 2.05) is 20.8 Å². The van der Waals surface area contributed by atoms with E-state index in [1.165, 1.54) is 7.11 Å². The highest BCUT2D eigenvalue weighted by Gasteiger charge is 2.35. The largest absolute Gasteiger partial charge is 0.468 e. The second-order valence-electron chi connectivity index (χ2n) is 4.37. The van der Waals surface area contributed by atoms with Crippen molar-refractivity contribution in [1.29, 1.82) is 0 Å². The molecule has 0 aliphatic carbocycles. The molecule has 90 valence electrons. The van der Waals surface area contributed by atoms with E-state index >= 15 is 0 Å². The summed E-state index contributed by atoms with van der Waals surface area (Å²) >= 11 is 1.76. The van der Waals surface area contributed by atoms with Gasteiger partial charge < -0.3 is 4.74 Å². The molecule has 0 spiro atoms. The monoisotopic (exact) mass is 233 g/mol. The fraction of sp³-hybridized carbons (Fsp3) is 0.909. The fourth-order valence-electron chi connectivity index (χ4n) is 1.72. The van der Waals surface area contributed by atoms with E-state index < -0.39 is 5.54 Å². The van der Waals surface area contributed by atoms with Crippen LogP contribution < -0.4 is 5.32 Å². The Hall–Kier alpha value is -0.220. The second kappa shape index (κ2) is 6.38. The van der Waals surface area contributed by atoms with Gasteiger partial charge >= 0.3 is 5.97 Å². The van der Waals surface area contributed by atoms with Crippen molar-refractivity contribution in [3.05, 3.63) is 0 Å². The number of carbonyl (C=O) groups excluding carboxylic acids is 1. The first-order valence-electron chi connectivity index (χ1n) is 5.24. The summed E-state index contributed by atoms with van der Waals surface area (Å²) in [4.78, 5) is 11.7. The van der Waals surface area contributed by atoms with Gasteiger partial charge in [0.1, 0.15) is 5.54 Å². The van der Waals surface area contributed by atoms with Crippen LogP contribution in [0.1, 0.15) is 34.1 Å². The highest BCUT2D eigenvalue weighted by molar-refractivity contribution is 7.99. The van der Waals surface area contributed by atoms with E-state index in [4.69, 9.17) is 4.74 Å². The summed E-state index contributed by atoms with van der Waals surface area (Å²) in [7, 11) is 1.44. The van der Waals surface area contributed by atoms with Crippen LogP contribution in [0.25, 0.3) is 0 Å². The molecule has 0 bridgehead atoms. The molecule has 0 aromatic heterocycles. The van der Waals surface area contributed by atoms with Gasteiger partial charge in [0.2, 0.25) is 0 Å². The molecule has 0 saturated carbocycles. The van der Waals surface area contributed by atoms with E-state index in [1.54, 1.807) is 11.8 Å². The molecule has 0 aliphatic rings. The maximum absolute atomic E-state index is 11.7. The van der Waals surface area contributed by atoms with E-state index in [9.17, 15) is 4.79 Å². The van der Waals surface area contributed by atoms with E-state index in [0.717, 1.165) is 6.42 Å². The van der Waals surface area contributed by atoms with Crippen molar-refractivity contribution in [2.45, 2.75) is 50.9 Å². The third-order valence-electron chi connectivity index (χ3n) is 2.34. The minimum atomic E-state index is -0.578. The smallest absolute Gasteiger partial charge is 0.325 e. The zero-order chi connectivity index (χ0) is 12.1. The molecule has 0 amide bonds. The molecule has 2 atom stereocenters. The summed E-state index contributed by atoms with van der Waals surface area (Å²) in [5.74, 6) is -0.183. The summed E-state index contributed by atoms with van der Waals surface area (Å²) in [5, 5.41) is 3.72. The lowest BCUT2D eigenvalue weighted by Crippen LogP contribution is -2.54. The Labute approximate surface area is 97.3 Å². The summed E-state index contributed by atoms with van der Waals surface area (Å²) in [5.41, 5.74) is -0.578. The summed E-state index contributed by atoms with van der Waals surface area (Å²) in [6, 6.07) is 0.267. The number of rotatable bonds is 6. The van der Waals surface area contributed by atoms with Crippen LogP contribution in [0.15, 0.2) is 0 Å². The predicted octanol–water partition coefficient (Wildman–Crippen LogP) is 2.06. The zero-order valence-corrected chi connectivity index (χ0v) is 11.4. The lowest BCUT2D eigenvalue weighted by Gasteiger charge is -2.32. The van der Waals surface area contributed by atoms with Gasteiger partial charge in [-0.3, -0.25) is 10.1 Å². The van der Waals surface area contributed by atoms with Crippen molar-refractivity contribution < 1.29 is 9.53 Å². The maximum atomic E-state index is 11.7. The van der Waals surface area contributed by atoms with Crippen molar-refractivity contribution in [2.75, 3.05) is 13.4 Å². The van der Waals surface area contributed by atoms with Gasteiger partial charge in [-0.15, -0.1) is 0 Å². The molecule has 1 N–H and O–H groups in total. The quantitative estimate of drug-likeness (QED) is 0.713. The lowest BCUT2D eigenvalue weighted by atomic mass is 9.95. The van der Waals surface area contributed by atoms with E-state index in [-0.39, 0.29) is 12.0 Å². The van der Waals surface area contributed by atoms with Crippen molar-refractivity contribution in [3.8, 4) is 0 Å². The van der Waals surface area contributed by atoms with Gasteiger partial charge in [-0.2, -0.15) is 11.8 Å². The fourth-order valence-corrected chi connectivity index (χ4v) is 2.22.